The SMILES string of the molecule is Cl.Cl.NC1CCCC(C(=O)NCC(=O)N2CCN(c3ccc(Cl)cc3)CC2)C1. The molecule has 0 aromatic heterocycles. The van der Waals surface area contributed by atoms with Gasteiger partial charge in [0.15, 0.2) is 0 Å². The summed E-state index contributed by atoms with van der Waals surface area (Å²) in [6.07, 6.45) is 3.56. The van der Waals surface area contributed by atoms with Crippen molar-refractivity contribution in [2.75, 3.05) is 37.6 Å². The number of amides is 2. The highest BCUT2D eigenvalue weighted by Gasteiger charge is 2.26. The van der Waals surface area contributed by atoms with Crippen LogP contribution in [0.15, 0.2) is 24.3 Å². The molecule has 0 spiro atoms. The molecule has 0 radical (unpaired) electrons. The van der Waals surface area contributed by atoms with Crippen LogP contribution in [0.1, 0.15) is 25.7 Å². The summed E-state index contributed by atoms with van der Waals surface area (Å²) >= 11 is 5.93. The van der Waals surface area contributed by atoms with Crippen LogP contribution in [0.4, 0.5) is 5.69 Å². The van der Waals surface area contributed by atoms with Crippen LogP contribution in [0, 0.1) is 5.92 Å². The van der Waals surface area contributed by atoms with E-state index in [1.54, 1.807) is 0 Å². The van der Waals surface area contributed by atoms with Crippen LogP contribution in [0.3, 0.4) is 0 Å². The summed E-state index contributed by atoms with van der Waals surface area (Å²) in [7, 11) is 0. The summed E-state index contributed by atoms with van der Waals surface area (Å²) in [6.45, 7) is 2.94. The van der Waals surface area contributed by atoms with Gasteiger partial charge in [-0.2, -0.15) is 0 Å². The molecule has 0 bridgehead atoms. The van der Waals surface area contributed by atoms with Gasteiger partial charge in [-0.15, -0.1) is 24.8 Å². The molecule has 2 aliphatic rings. The first kappa shape index (κ1) is 24.8. The van der Waals surface area contributed by atoms with Crippen molar-refractivity contribution in [2.24, 2.45) is 11.7 Å². The first-order valence-electron chi connectivity index (χ1n) is 9.34. The van der Waals surface area contributed by atoms with Crippen molar-refractivity contribution in [3.8, 4) is 0 Å². The number of anilines is 1. The molecule has 9 heteroatoms. The molecule has 3 rings (SSSR count). The Morgan fingerprint density at radius 3 is 2.32 bits per heavy atom. The van der Waals surface area contributed by atoms with Crippen LogP contribution in [0.2, 0.25) is 5.02 Å². The molecule has 3 N–H and O–H groups in total. The quantitative estimate of drug-likeness (QED) is 0.737. The van der Waals surface area contributed by atoms with Crippen molar-refractivity contribution in [1.82, 2.24) is 10.2 Å². The van der Waals surface area contributed by atoms with Crippen molar-refractivity contribution in [3.63, 3.8) is 0 Å². The molecular weight excluding hydrogens is 423 g/mol. The van der Waals surface area contributed by atoms with E-state index in [1.165, 1.54) is 0 Å². The second-order valence-electron chi connectivity index (χ2n) is 7.19. The first-order chi connectivity index (χ1) is 12.5. The molecule has 1 saturated heterocycles. The predicted octanol–water partition coefficient (Wildman–Crippen LogP) is 2.47. The van der Waals surface area contributed by atoms with Gasteiger partial charge in [-0.3, -0.25) is 9.59 Å². The monoisotopic (exact) mass is 450 g/mol. The Balaban J connectivity index is 0.00000196. The fraction of sp³-hybridized carbons (Fsp3) is 0.579. The fourth-order valence-electron chi connectivity index (χ4n) is 3.75. The summed E-state index contributed by atoms with van der Waals surface area (Å²) in [5, 5.41) is 3.52. The Morgan fingerprint density at radius 2 is 1.71 bits per heavy atom. The van der Waals surface area contributed by atoms with Gasteiger partial charge in [0.2, 0.25) is 11.8 Å². The number of nitrogens with one attached hydrogen (secondary N) is 1. The molecule has 1 heterocycles. The third-order valence-corrected chi connectivity index (χ3v) is 5.58. The van der Waals surface area contributed by atoms with Gasteiger partial charge in [-0.05, 0) is 43.5 Å². The van der Waals surface area contributed by atoms with E-state index in [0.717, 1.165) is 49.5 Å². The molecular formula is C19H29Cl3N4O2. The molecule has 1 saturated carbocycles. The number of nitrogens with two attached hydrogens (primary N) is 1. The van der Waals surface area contributed by atoms with Crippen molar-refractivity contribution < 1.29 is 9.59 Å². The molecule has 2 unspecified atom stereocenters. The normalized spacial score (nSPS) is 21.9. The minimum absolute atomic E-state index is 0. The van der Waals surface area contributed by atoms with E-state index in [0.29, 0.717) is 13.1 Å². The average Bonchev–Trinajstić information content (AvgIpc) is 2.66. The van der Waals surface area contributed by atoms with Gasteiger partial charge in [0.1, 0.15) is 0 Å². The smallest absolute Gasteiger partial charge is 0.242 e. The van der Waals surface area contributed by atoms with E-state index in [-0.39, 0.29) is 55.1 Å². The van der Waals surface area contributed by atoms with E-state index in [4.69, 9.17) is 17.3 Å². The van der Waals surface area contributed by atoms with Crippen molar-refractivity contribution >= 4 is 53.9 Å². The lowest BCUT2D eigenvalue weighted by Gasteiger charge is -2.36. The summed E-state index contributed by atoms with van der Waals surface area (Å²) in [5.41, 5.74) is 7.05. The van der Waals surface area contributed by atoms with Crippen molar-refractivity contribution in [2.45, 2.75) is 31.7 Å². The summed E-state index contributed by atoms with van der Waals surface area (Å²) < 4.78 is 0. The van der Waals surface area contributed by atoms with E-state index in [2.05, 4.69) is 10.2 Å². The number of hydrogen-bond acceptors (Lipinski definition) is 4. The number of halogens is 3. The highest BCUT2D eigenvalue weighted by Crippen LogP contribution is 2.23. The van der Waals surface area contributed by atoms with Crippen LogP contribution < -0.4 is 16.0 Å². The number of nitrogens with zero attached hydrogens (tertiary/aromatic N) is 2. The largest absolute Gasteiger partial charge is 0.368 e. The molecule has 2 amide bonds. The van der Waals surface area contributed by atoms with E-state index < -0.39 is 0 Å². The van der Waals surface area contributed by atoms with Crippen LogP contribution in [0.5, 0.6) is 0 Å². The minimum atomic E-state index is -0.0479. The third-order valence-electron chi connectivity index (χ3n) is 5.32. The summed E-state index contributed by atoms with van der Waals surface area (Å²) in [6, 6.07) is 7.85. The fourth-order valence-corrected chi connectivity index (χ4v) is 3.88. The van der Waals surface area contributed by atoms with Crippen molar-refractivity contribution in [1.29, 1.82) is 0 Å². The topological polar surface area (TPSA) is 78.7 Å². The lowest BCUT2D eigenvalue weighted by Crippen LogP contribution is -2.51. The number of carbonyl (C=O) groups is 2. The average molecular weight is 452 g/mol. The van der Waals surface area contributed by atoms with Crippen LogP contribution in [-0.4, -0.2) is 55.5 Å². The number of benzene rings is 1. The van der Waals surface area contributed by atoms with Crippen LogP contribution in [-0.2, 0) is 9.59 Å². The van der Waals surface area contributed by atoms with Gasteiger partial charge in [-0.25, -0.2) is 0 Å². The first-order valence-corrected chi connectivity index (χ1v) is 9.72. The highest BCUT2D eigenvalue weighted by molar-refractivity contribution is 6.30. The van der Waals surface area contributed by atoms with E-state index in [9.17, 15) is 9.59 Å². The lowest BCUT2D eigenvalue weighted by atomic mass is 9.85. The maximum absolute atomic E-state index is 12.4. The summed E-state index contributed by atoms with van der Waals surface area (Å²) in [4.78, 5) is 28.7. The molecule has 1 aliphatic heterocycles. The lowest BCUT2D eigenvalue weighted by molar-refractivity contribution is -0.134. The van der Waals surface area contributed by atoms with Gasteiger partial charge in [-0.1, -0.05) is 18.0 Å². The second-order valence-corrected chi connectivity index (χ2v) is 7.62. The zero-order valence-electron chi connectivity index (χ0n) is 15.8. The molecule has 6 nitrogen and oxygen atoms in total. The Labute approximate surface area is 184 Å². The van der Waals surface area contributed by atoms with Gasteiger partial charge in [0.25, 0.3) is 0 Å². The third kappa shape index (κ3) is 6.69. The molecule has 1 aromatic rings. The van der Waals surface area contributed by atoms with Crippen molar-refractivity contribution in [3.05, 3.63) is 29.3 Å². The maximum atomic E-state index is 12.4. The van der Waals surface area contributed by atoms with Gasteiger partial charge < -0.3 is 20.9 Å². The molecule has 1 aliphatic carbocycles. The van der Waals surface area contributed by atoms with E-state index in [1.807, 2.05) is 29.2 Å². The molecule has 28 heavy (non-hydrogen) atoms. The minimum Gasteiger partial charge on any atom is -0.368 e. The number of rotatable bonds is 4. The van der Waals surface area contributed by atoms with E-state index >= 15 is 0 Å². The maximum Gasteiger partial charge on any atom is 0.242 e. The Hall–Kier alpha value is -1.21. The van der Waals surface area contributed by atoms with Gasteiger partial charge in [0.05, 0.1) is 6.54 Å². The predicted molar refractivity (Wildman–Crippen MR) is 118 cm³/mol. The molecule has 158 valence electrons. The standard InChI is InChI=1S/C19H27ClN4O2.2ClH/c20-15-4-6-17(7-5-15)23-8-10-24(11-9-23)18(25)13-22-19(26)14-2-1-3-16(21)12-14;;/h4-7,14,16H,1-3,8-13,21H2,(H,22,26);2*1H. The number of hydrogen-bond donors (Lipinski definition) is 2. The van der Waals surface area contributed by atoms with Gasteiger partial charge in [0, 0.05) is 48.8 Å². The molecule has 2 atom stereocenters. The molecule has 1 aromatic carbocycles. The summed E-state index contributed by atoms with van der Waals surface area (Å²) in [5.74, 6) is -0.101. The second kappa shape index (κ2) is 11.7. The zero-order valence-corrected chi connectivity index (χ0v) is 18.2. The Morgan fingerprint density at radius 1 is 1.07 bits per heavy atom. The zero-order chi connectivity index (χ0) is 18.5. The Kier molecular flexibility index (Phi) is 10.4. The highest BCUT2D eigenvalue weighted by atomic mass is 35.5. The number of carbonyl (C=O) groups excluding carboxylic acids is 2. The van der Waals surface area contributed by atoms with Crippen LogP contribution in [0.25, 0.3) is 0 Å². The van der Waals surface area contributed by atoms with Gasteiger partial charge >= 0.3 is 0 Å². The molecule has 2 fully saturated rings. The van der Waals surface area contributed by atoms with Crippen LogP contribution >= 0.6 is 36.4 Å². The Bertz CT molecular complexity index is 637. The number of piperazine rings is 1.